The topological polar surface area (TPSA) is 20.2 Å². The Balaban J connectivity index is 2.36. The van der Waals surface area contributed by atoms with Crippen molar-refractivity contribution >= 4 is 29.4 Å². The summed E-state index contributed by atoms with van der Waals surface area (Å²) in [5.74, 6) is 0. The van der Waals surface area contributed by atoms with E-state index < -0.39 is 6.92 Å². The third-order valence-corrected chi connectivity index (χ3v) is 3.19. The molecular weight excluding hydrogens is 230 g/mol. The summed E-state index contributed by atoms with van der Waals surface area (Å²) in [4.78, 5) is 0. The normalized spacial score (nSPS) is 10.4. The third kappa shape index (κ3) is 2.71. The van der Waals surface area contributed by atoms with Crippen LogP contribution in [0, 0.1) is 13.8 Å². The second kappa shape index (κ2) is 4.95. The van der Waals surface area contributed by atoms with E-state index in [0.29, 0.717) is 5.02 Å². The highest BCUT2D eigenvalue weighted by molar-refractivity contribution is 6.79. The molecule has 0 saturated heterocycles. The molecule has 2 rings (SSSR count). The van der Waals surface area contributed by atoms with Gasteiger partial charge in [-0.25, -0.2) is 0 Å². The van der Waals surface area contributed by atoms with E-state index in [1.807, 2.05) is 43.3 Å². The highest BCUT2D eigenvalue weighted by Gasteiger charge is 2.17. The van der Waals surface area contributed by atoms with Crippen molar-refractivity contribution in [3.05, 3.63) is 65.5 Å². The van der Waals surface area contributed by atoms with Crippen molar-refractivity contribution in [1.29, 1.82) is 0 Å². The molecule has 0 atom stereocenters. The Morgan fingerprint density at radius 3 is 2.47 bits per heavy atom. The van der Waals surface area contributed by atoms with Gasteiger partial charge < -0.3 is 5.02 Å². The number of hydrogen-bond donors (Lipinski definition) is 1. The van der Waals surface area contributed by atoms with Gasteiger partial charge in [-0.3, -0.25) is 0 Å². The minimum absolute atomic E-state index is 0.658. The number of aryl methyl sites for hydroxylation is 1. The van der Waals surface area contributed by atoms with Gasteiger partial charge in [0, 0.05) is 5.02 Å². The van der Waals surface area contributed by atoms with Crippen molar-refractivity contribution in [3.8, 4) is 0 Å². The van der Waals surface area contributed by atoms with E-state index in [9.17, 15) is 5.02 Å². The zero-order valence-corrected chi connectivity index (χ0v) is 10.4. The summed E-state index contributed by atoms with van der Waals surface area (Å²) < 4.78 is 0. The predicted octanol–water partition coefficient (Wildman–Crippen LogP) is 1.93. The van der Waals surface area contributed by atoms with E-state index in [-0.39, 0.29) is 0 Å². The molecule has 0 aliphatic heterocycles. The Kier molecular flexibility index (Phi) is 3.56. The number of hydrogen-bond acceptors (Lipinski definition) is 1. The standard InChI is InChI=1S/C14H13BClO/c1-10-4-3-5-12(8-10)15(17)13-7-6-11(2)14(16)9-13/h3-9,17H,1H2,2H3. The van der Waals surface area contributed by atoms with Crippen molar-refractivity contribution in [2.45, 2.75) is 6.92 Å². The van der Waals surface area contributed by atoms with Crippen LogP contribution in [0.25, 0.3) is 0 Å². The van der Waals surface area contributed by atoms with Gasteiger partial charge in [0.15, 0.2) is 0 Å². The van der Waals surface area contributed by atoms with Crippen LogP contribution < -0.4 is 10.9 Å². The average molecular weight is 244 g/mol. The molecule has 17 heavy (non-hydrogen) atoms. The van der Waals surface area contributed by atoms with Crippen molar-refractivity contribution in [1.82, 2.24) is 0 Å². The van der Waals surface area contributed by atoms with Crippen LogP contribution in [0.3, 0.4) is 0 Å². The van der Waals surface area contributed by atoms with Crippen molar-refractivity contribution in [3.63, 3.8) is 0 Å². The molecule has 0 heterocycles. The summed E-state index contributed by atoms with van der Waals surface area (Å²) >= 11 is 6.05. The molecule has 0 aliphatic rings. The van der Waals surface area contributed by atoms with Crippen LogP contribution in [-0.2, 0) is 0 Å². The molecule has 2 aromatic rings. The molecule has 0 amide bonds. The molecule has 3 heteroatoms. The largest absolute Gasteiger partial charge is 0.443 e. The molecule has 0 spiro atoms. The van der Waals surface area contributed by atoms with E-state index in [1.54, 1.807) is 6.07 Å². The Hall–Kier alpha value is -1.25. The molecule has 0 unspecified atom stereocenters. The second-order valence-electron chi connectivity index (χ2n) is 4.16. The summed E-state index contributed by atoms with van der Waals surface area (Å²) in [6.45, 7) is 5.13. The average Bonchev–Trinajstić information content (AvgIpc) is 2.32. The highest BCUT2D eigenvalue weighted by atomic mass is 35.5. The zero-order valence-electron chi connectivity index (χ0n) is 9.65. The van der Waals surface area contributed by atoms with E-state index in [0.717, 1.165) is 22.1 Å². The quantitative estimate of drug-likeness (QED) is 0.799. The first kappa shape index (κ1) is 12.2. The van der Waals surface area contributed by atoms with Crippen LogP contribution in [0.5, 0.6) is 0 Å². The molecule has 2 aromatic carbocycles. The predicted molar refractivity (Wildman–Crippen MR) is 74.3 cm³/mol. The van der Waals surface area contributed by atoms with Gasteiger partial charge in [-0.05, 0) is 42.0 Å². The molecule has 1 radical (unpaired) electrons. The number of benzene rings is 2. The molecule has 1 nitrogen and oxygen atoms in total. The Morgan fingerprint density at radius 1 is 1.12 bits per heavy atom. The molecule has 0 fully saturated rings. The molecule has 0 aromatic heterocycles. The fourth-order valence-electron chi connectivity index (χ4n) is 1.73. The molecule has 0 aliphatic carbocycles. The van der Waals surface area contributed by atoms with Crippen LogP contribution in [0.2, 0.25) is 5.02 Å². The van der Waals surface area contributed by atoms with Crippen LogP contribution in [-0.4, -0.2) is 11.9 Å². The summed E-state index contributed by atoms with van der Waals surface area (Å²) in [6.07, 6.45) is 0. The molecule has 85 valence electrons. The third-order valence-electron chi connectivity index (χ3n) is 2.78. The molecular formula is C14H13BClO. The zero-order chi connectivity index (χ0) is 12.4. The van der Waals surface area contributed by atoms with Crippen molar-refractivity contribution in [2.24, 2.45) is 0 Å². The molecule has 1 N–H and O–H groups in total. The lowest BCUT2D eigenvalue weighted by molar-refractivity contribution is 0.600. The first-order valence-electron chi connectivity index (χ1n) is 5.44. The number of halogens is 1. The first-order chi connectivity index (χ1) is 8.08. The summed E-state index contributed by atoms with van der Waals surface area (Å²) in [5.41, 5.74) is 3.52. The monoisotopic (exact) mass is 243 g/mol. The summed E-state index contributed by atoms with van der Waals surface area (Å²) in [5, 5.41) is 10.9. The van der Waals surface area contributed by atoms with Gasteiger partial charge in [0.05, 0.1) is 0 Å². The van der Waals surface area contributed by atoms with Gasteiger partial charge in [0.2, 0.25) is 0 Å². The minimum Gasteiger partial charge on any atom is -0.443 e. The van der Waals surface area contributed by atoms with Crippen molar-refractivity contribution < 1.29 is 5.02 Å². The van der Waals surface area contributed by atoms with Gasteiger partial charge in [0.25, 0.3) is 0 Å². The molecule has 0 bridgehead atoms. The van der Waals surface area contributed by atoms with E-state index in [4.69, 9.17) is 11.6 Å². The summed E-state index contributed by atoms with van der Waals surface area (Å²) in [6, 6.07) is 13.1. The van der Waals surface area contributed by atoms with Crippen molar-refractivity contribution in [2.75, 3.05) is 0 Å². The fourth-order valence-corrected chi connectivity index (χ4v) is 1.92. The van der Waals surface area contributed by atoms with Gasteiger partial charge in [0.1, 0.15) is 0 Å². The first-order valence-corrected chi connectivity index (χ1v) is 5.82. The lowest BCUT2D eigenvalue weighted by Gasteiger charge is -2.09. The van der Waals surface area contributed by atoms with Gasteiger partial charge in [-0.2, -0.15) is 0 Å². The van der Waals surface area contributed by atoms with E-state index >= 15 is 0 Å². The summed E-state index contributed by atoms with van der Waals surface area (Å²) in [7, 11) is 0. The Bertz CT molecular complexity index is 539. The Morgan fingerprint density at radius 2 is 1.82 bits per heavy atom. The Labute approximate surface area is 107 Å². The lowest BCUT2D eigenvalue weighted by atomic mass is 9.56. The smallest absolute Gasteiger partial charge is 0.359 e. The molecule has 0 saturated carbocycles. The van der Waals surface area contributed by atoms with Gasteiger partial charge in [-0.15, -0.1) is 0 Å². The van der Waals surface area contributed by atoms with Crippen LogP contribution in [0.15, 0.2) is 42.5 Å². The second-order valence-corrected chi connectivity index (χ2v) is 4.56. The lowest BCUT2D eigenvalue weighted by Crippen LogP contribution is -2.42. The minimum atomic E-state index is -0.658. The van der Waals surface area contributed by atoms with Gasteiger partial charge >= 0.3 is 6.92 Å². The van der Waals surface area contributed by atoms with Gasteiger partial charge in [-0.1, -0.05) is 48.0 Å². The van der Waals surface area contributed by atoms with Crippen LogP contribution >= 0.6 is 11.6 Å². The van der Waals surface area contributed by atoms with E-state index in [2.05, 4.69) is 6.92 Å². The van der Waals surface area contributed by atoms with Crippen LogP contribution in [0.4, 0.5) is 0 Å². The highest BCUT2D eigenvalue weighted by Crippen LogP contribution is 2.12. The van der Waals surface area contributed by atoms with E-state index in [1.165, 1.54) is 0 Å². The SMILES string of the molecule is [CH2]c1cccc(B(O)c2ccc(C)c(Cl)c2)c1. The number of rotatable bonds is 2. The maximum atomic E-state index is 10.2. The maximum Gasteiger partial charge on any atom is 0.359 e. The fraction of sp³-hybridized carbons (Fsp3) is 0.0714. The maximum absolute atomic E-state index is 10.2. The van der Waals surface area contributed by atoms with Crippen LogP contribution in [0.1, 0.15) is 11.1 Å².